The highest BCUT2D eigenvalue weighted by Crippen LogP contribution is 2.13. The van der Waals surface area contributed by atoms with Crippen molar-refractivity contribution in [3.05, 3.63) is 18.2 Å². The lowest BCUT2D eigenvalue weighted by Gasteiger charge is -2.01. The molecule has 3 N–H and O–H groups in total. The van der Waals surface area contributed by atoms with Gasteiger partial charge in [0.05, 0.1) is 0 Å². The molecule has 0 amide bonds. The highest BCUT2D eigenvalue weighted by molar-refractivity contribution is 5.67. The van der Waals surface area contributed by atoms with Crippen LogP contribution in [-0.4, -0.2) is 36.3 Å². The molecule has 0 aliphatic carbocycles. The van der Waals surface area contributed by atoms with Crippen molar-refractivity contribution >= 4 is 11.8 Å². The molecule has 0 unspecified atom stereocenters. The van der Waals surface area contributed by atoms with E-state index in [0.29, 0.717) is 11.5 Å². The topological polar surface area (TPSA) is 120 Å². The van der Waals surface area contributed by atoms with E-state index in [1.165, 1.54) is 0 Å². The van der Waals surface area contributed by atoms with Crippen LogP contribution in [0.25, 0.3) is 11.5 Å². The van der Waals surface area contributed by atoms with Crippen molar-refractivity contribution in [3.63, 3.8) is 0 Å². The predicted octanol–water partition coefficient (Wildman–Crippen LogP) is -0.598. The van der Waals surface area contributed by atoms with E-state index in [1.807, 2.05) is 0 Å². The Morgan fingerprint density at radius 1 is 1.50 bits per heavy atom. The summed E-state index contributed by atoms with van der Waals surface area (Å²) in [6, 6.07) is 4.96. The van der Waals surface area contributed by atoms with Gasteiger partial charge >= 0.3 is 5.97 Å². The minimum absolute atomic E-state index is 0.273. The minimum atomic E-state index is -1.03. The van der Waals surface area contributed by atoms with Crippen LogP contribution < -0.4 is 5.73 Å². The van der Waals surface area contributed by atoms with Crippen molar-refractivity contribution in [1.82, 2.24) is 25.2 Å². The molecule has 0 saturated heterocycles. The number of pyridine rings is 1. The standard InChI is InChI=1S/C8H8N6O2/c9-6-3-1-2-5(10-6)8-11-12-13-14(8)4-7(15)16/h1-3H,4H2,(H2,9,10)(H,15,16). The zero-order valence-electron chi connectivity index (χ0n) is 8.11. The van der Waals surface area contributed by atoms with Crippen LogP contribution in [0.15, 0.2) is 18.2 Å². The molecule has 2 aromatic heterocycles. The first-order chi connectivity index (χ1) is 7.66. The summed E-state index contributed by atoms with van der Waals surface area (Å²) in [5, 5.41) is 19.3. The van der Waals surface area contributed by atoms with Crippen LogP contribution in [0.1, 0.15) is 0 Å². The maximum Gasteiger partial charge on any atom is 0.325 e. The molecule has 8 heteroatoms. The number of nitrogen functional groups attached to an aromatic ring is 1. The van der Waals surface area contributed by atoms with Gasteiger partial charge in [0, 0.05) is 0 Å². The third-order valence-corrected chi connectivity index (χ3v) is 1.82. The fraction of sp³-hybridized carbons (Fsp3) is 0.125. The SMILES string of the molecule is Nc1cccc(-c2nnnn2CC(=O)O)n1. The highest BCUT2D eigenvalue weighted by Gasteiger charge is 2.12. The zero-order valence-corrected chi connectivity index (χ0v) is 8.11. The highest BCUT2D eigenvalue weighted by atomic mass is 16.4. The van der Waals surface area contributed by atoms with Gasteiger partial charge in [0.15, 0.2) is 0 Å². The monoisotopic (exact) mass is 220 g/mol. The molecule has 2 heterocycles. The van der Waals surface area contributed by atoms with Crippen LogP contribution in [0.5, 0.6) is 0 Å². The minimum Gasteiger partial charge on any atom is -0.480 e. The summed E-state index contributed by atoms with van der Waals surface area (Å²) in [7, 11) is 0. The summed E-state index contributed by atoms with van der Waals surface area (Å²) in [6.45, 7) is -0.321. The van der Waals surface area contributed by atoms with Crippen molar-refractivity contribution in [1.29, 1.82) is 0 Å². The van der Waals surface area contributed by atoms with Gasteiger partial charge in [-0.15, -0.1) is 5.10 Å². The number of tetrazole rings is 1. The van der Waals surface area contributed by atoms with Crippen molar-refractivity contribution in [2.75, 3.05) is 5.73 Å². The van der Waals surface area contributed by atoms with E-state index in [0.717, 1.165) is 4.68 Å². The number of carboxylic acids is 1. The number of rotatable bonds is 3. The lowest BCUT2D eigenvalue weighted by atomic mass is 10.3. The molecule has 0 radical (unpaired) electrons. The van der Waals surface area contributed by atoms with Crippen molar-refractivity contribution in [3.8, 4) is 11.5 Å². The summed E-state index contributed by atoms with van der Waals surface area (Å²) in [5.74, 6) is -0.436. The van der Waals surface area contributed by atoms with Gasteiger partial charge in [0.2, 0.25) is 5.82 Å². The first-order valence-electron chi connectivity index (χ1n) is 4.37. The third kappa shape index (κ3) is 1.95. The second kappa shape index (κ2) is 3.93. The van der Waals surface area contributed by atoms with E-state index >= 15 is 0 Å². The number of aliphatic carboxylic acids is 1. The van der Waals surface area contributed by atoms with E-state index in [4.69, 9.17) is 10.8 Å². The Morgan fingerprint density at radius 2 is 2.31 bits per heavy atom. The Balaban J connectivity index is 2.40. The molecule has 2 rings (SSSR count). The van der Waals surface area contributed by atoms with Gasteiger partial charge in [-0.25, -0.2) is 9.67 Å². The first-order valence-corrected chi connectivity index (χ1v) is 4.37. The van der Waals surface area contributed by atoms with Crippen LogP contribution in [0, 0.1) is 0 Å². The molecule has 16 heavy (non-hydrogen) atoms. The number of aromatic nitrogens is 5. The number of carbonyl (C=O) groups is 1. The Morgan fingerprint density at radius 3 is 3.00 bits per heavy atom. The van der Waals surface area contributed by atoms with Crippen LogP contribution in [0.2, 0.25) is 0 Å². The molecule has 0 atom stereocenters. The maximum absolute atomic E-state index is 10.6. The Hall–Kier alpha value is -2.51. The van der Waals surface area contributed by atoms with Gasteiger partial charge in [-0.2, -0.15) is 0 Å². The second-order valence-electron chi connectivity index (χ2n) is 3.00. The Kier molecular flexibility index (Phi) is 2.46. The maximum atomic E-state index is 10.6. The molecule has 0 aliphatic heterocycles. The molecular weight excluding hydrogens is 212 g/mol. The van der Waals surface area contributed by atoms with Gasteiger partial charge in [0.25, 0.3) is 0 Å². The van der Waals surface area contributed by atoms with Gasteiger partial charge in [-0.1, -0.05) is 6.07 Å². The van der Waals surface area contributed by atoms with Gasteiger partial charge < -0.3 is 10.8 Å². The fourth-order valence-electron chi connectivity index (χ4n) is 1.20. The van der Waals surface area contributed by atoms with Crippen molar-refractivity contribution in [2.24, 2.45) is 0 Å². The fourth-order valence-corrected chi connectivity index (χ4v) is 1.20. The zero-order chi connectivity index (χ0) is 11.5. The van der Waals surface area contributed by atoms with Gasteiger partial charge in [0.1, 0.15) is 18.1 Å². The molecule has 82 valence electrons. The largest absolute Gasteiger partial charge is 0.480 e. The quantitative estimate of drug-likeness (QED) is 0.708. The van der Waals surface area contributed by atoms with E-state index in [2.05, 4.69) is 20.5 Å². The van der Waals surface area contributed by atoms with Gasteiger partial charge in [-0.05, 0) is 22.6 Å². The summed E-state index contributed by atoms with van der Waals surface area (Å²) >= 11 is 0. The summed E-state index contributed by atoms with van der Waals surface area (Å²) in [5.41, 5.74) is 5.95. The van der Waals surface area contributed by atoms with E-state index < -0.39 is 5.97 Å². The van der Waals surface area contributed by atoms with Crippen LogP contribution in [-0.2, 0) is 11.3 Å². The number of carboxylic acid groups (broad SMARTS) is 1. The second-order valence-corrected chi connectivity index (χ2v) is 3.00. The normalized spacial score (nSPS) is 10.2. The average molecular weight is 220 g/mol. The Labute approximate surface area is 89.7 Å². The number of anilines is 1. The molecule has 0 aliphatic rings. The molecule has 0 fully saturated rings. The Bertz CT molecular complexity index is 523. The van der Waals surface area contributed by atoms with Crippen molar-refractivity contribution < 1.29 is 9.90 Å². The molecule has 8 nitrogen and oxygen atoms in total. The van der Waals surface area contributed by atoms with Crippen LogP contribution >= 0.6 is 0 Å². The average Bonchev–Trinajstić information content (AvgIpc) is 2.65. The number of nitrogens with two attached hydrogens (primary N) is 1. The molecule has 2 aromatic rings. The molecule has 0 aromatic carbocycles. The number of nitrogens with zero attached hydrogens (tertiary/aromatic N) is 5. The molecular formula is C8H8N6O2. The summed E-state index contributed by atoms with van der Waals surface area (Å²) in [6.07, 6.45) is 0. The van der Waals surface area contributed by atoms with Gasteiger partial charge in [-0.3, -0.25) is 4.79 Å². The van der Waals surface area contributed by atoms with E-state index in [1.54, 1.807) is 18.2 Å². The molecule has 0 saturated carbocycles. The predicted molar refractivity (Wildman–Crippen MR) is 53.1 cm³/mol. The van der Waals surface area contributed by atoms with E-state index in [9.17, 15) is 4.79 Å². The summed E-state index contributed by atoms with van der Waals surface area (Å²) < 4.78 is 1.14. The summed E-state index contributed by atoms with van der Waals surface area (Å²) in [4.78, 5) is 14.6. The first kappa shape index (κ1) is 10.0. The number of hydrogen-bond donors (Lipinski definition) is 2. The smallest absolute Gasteiger partial charge is 0.325 e. The van der Waals surface area contributed by atoms with E-state index in [-0.39, 0.29) is 12.4 Å². The molecule has 0 bridgehead atoms. The van der Waals surface area contributed by atoms with Crippen LogP contribution in [0.3, 0.4) is 0 Å². The lowest BCUT2D eigenvalue weighted by Crippen LogP contribution is -2.12. The van der Waals surface area contributed by atoms with Crippen molar-refractivity contribution in [2.45, 2.75) is 6.54 Å². The third-order valence-electron chi connectivity index (χ3n) is 1.82. The lowest BCUT2D eigenvalue weighted by molar-refractivity contribution is -0.137. The molecule has 0 spiro atoms. The number of hydrogen-bond acceptors (Lipinski definition) is 6. The van der Waals surface area contributed by atoms with Crippen LogP contribution in [0.4, 0.5) is 5.82 Å².